The maximum atomic E-state index is 13.2. The molecule has 0 spiro atoms. The Bertz CT molecular complexity index is 689. The number of amides is 1. The Morgan fingerprint density at radius 1 is 1.19 bits per heavy atom. The van der Waals surface area contributed by atoms with Gasteiger partial charge in [-0.1, -0.05) is 11.6 Å². The third-order valence-electron chi connectivity index (χ3n) is 2.90. The fraction of sp³-hybridized carbons (Fsp3) is 0.133. The van der Waals surface area contributed by atoms with Crippen molar-refractivity contribution in [3.05, 3.63) is 52.8 Å². The van der Waals surface area contributed by atoms with Crippen LogP contribution in [0.4, 0.5) is 21.5 Å². The van der Waals surface area contributed by atoms with Gasteiger partial charge in [0.25, 0.3) is 5.91 Å². The van der Waals surface area contributed by atoms with Crippen LogP contribution in [-0.2, 0) is 0 Å². The van der Waals surface area contributed by atoms with E-state index in [1.54, 1.807) is 32.3 Å². The van der Waals surface area contributed by atoms with Crippen molar-refractivity contribution in [1.29, 1.82) is 0 Å². The number of benzene rings is 2. The second kappa shape index (κ2) is 6.01. The molecule has 0 saturated heterocycles. The number of hydrogen-bond acceptors (Lipinski definition) is 3. The summed E-state index contributed by atoms with van der Waals surface area (Å²) in [5, 5.41) is 3.33. The predicted octanol–water partition coefficient (Wildman–Crippen LogP) is 3.51. The lowest BCUT2D eigenvalue weighted by Gasteiger charge is -2.14. The number of nitrogens with two attached hydrogens (primary N) is 1. The highest BCUT2D eigenvalue weighted by Gasteiger charge is 2.11. The number of rotatable bonds is 3. The zero-order valence-electron chi connectivity index (χ0n) is 11.7. The molecule has 21 heavy (non-hydrogen) atoms. The van der Waals surface area contributed by atoms with Crippen LogP contribution in [0.25, 0.3) is 0 Å². The summed E-state index contributed by atoms with van der Waals surface area (Å²) < 4.78 is 13.2. The lowest BCUT2D eigenvalue weighted by atomic mass is 10.1. The molecule has 3 N–H and O–H groups in total. The topological polar surface area (TPSA) is 58.4 Å². The molecule has 0 atom stereocenters. The van der Waals surface area contributed by atoms with E-state index in [0.717, 1.165) is 0 Å². The SMILES string of the molecule is CN(C)C(=O)c1ccc(Nc2cc(F)ccc2Cl)c(N)c1. The fourth-order valence-electron chi connectivity index (χ4n) is 1.81. The van der Waals surface area contributed by atoms with E-state index in [4.69, 9.17) is 17.3 Å². The Morgan fingerprint density at radius 2 is 1.90 bits per heavy atom. The molecule has 110 valence electrons. The molecule has 0 saturated carbocycles. The number of nitrogens with zero attached hydrogens (tertiary/aromatic N) is 1. The lowest BCUT2D eigenvalue weighted by Crippen LogP contribution is -2.21. The Morgan fingerprint density at radius 3 is 2.52 bits per heavy atom. The quantitative estimate of drug-likeness (QED) is 0.853. The molecule has 0 radical (unpaired) electrons. The van der Waals surface area contributed by atoms with Crippen LogP contribution in [-0.4, -0.2) is 24.9 Å². The highest BCUT2D eigenvalue weighted by molar-refractivity contribution is 6.33. The lowest BCUT2D eigenvalue weighted by molar-refractivity contribution is 0.0827. The number of hydrogen-bond donors (Lipinski definition) is 2. The summed E-state index contributed by atoms with van der Waals surface area (Å²) in [4.78, 5) is 13.3. The standard InChI is InChI=1S/C15H15ClFN3O/c1-20(2)15(21)9-3-6-13(12(18)7-9)19-14-8-10(17)4-5-11(14)16/h3-8,19H,18H2,1-2H3. The van der Waals surface area contributed by atoms with Gasteiger partial charge >= 0.3 is 0 Å². The number of carbonyl (C=O) groups excluding carboxylic acids is 1. The molecule has 1 amide bonds. The minimum Gasteiger partial charge on any atom is -0.397 e. The molecule has 0 fully saturated rings. The molecule has 0 unspecified atom stereocenters. The van der Waals surface area contributed by atoms with Gasteiger partial charge in [0, 0.05) is 19.7 Å². The number of halogens is 2. The third kappa shape index (κ3) is 3.44. The molecule has 2 rings (SSSR count). The van der Waals surface area contributed by atoms with Crippen LogP contribution < -0.4 is 11.1 Å². The smallest absolute Gasteiger partial charge is 0.253 e. The minimum absolute atomic E-state index is 0.142. The number of anilines is 3. The number of nitrogens with one attached hydrogen (secondary N) is 1. The molecule has 0 aliphatic heterocycles. The van der Waals surface area contributed by atoms with E-state index in [2.05, 4.69) is 5.32 Å². The fourth-order valence-corrected chi connectivity index (χ4v) is 1.97. The van der Waals surface area contributed by atoms with Gasteiger partial charge in [0.15, 0.2) is 0 Å². The van der Waals surface area contributed by atoms with Crippen molar-refractivity contribution in [3.8, 4) is 0 Å². The van der Waals surface area contributed by atoms with Crippen molar-refractivity contribution in [1.82, 2.24) is 4.90 Å². The van der Waals surface area contributed by atoms with Crippen molar-refractivity contribution in [2.75, 3.05) is 25.1 Å². The maximum Gasteiger partial charge on any atom is 0.253 e. The van der Waals surface area contributed by atoms with Crippen LogP contribution in [0, 0.1) is 5.82 Å². The Labute approximate surface area is 127 Å². The minimum atomic E-state index is -0.403. The monoisotopic (exact) mass is 307 g/mol. The molecule has 0 aromatic heterocycles. The van der Waals surface area contributed by atoms with Gasteiger partial charge in [0.05, 0.1) is 22.1 Å². The van der Waals surface area contributed by atoms with Crippen LogP contribution >= 0.6 is 11.6 Å². The average molecular weight is 308 g/mol. The van der Waals surface area contributed by atoms with Crippen molar-refractivity contribution in [2.24, 2.45) is 0 Å². The summed E-state index contributed by atoms with van der Waals surface area (Å²) in [6, 6.07) is 8.88. The van der Waals surface area contributed by atoms with Crippen molar-refractivity contribution in [2.45, 2.75) is 0 Å². The first-order chi connectivity index (χ1) is 9.88. The maximum absolute atomic E-state index is 13.2. The molecule has 0 aliphatic carbocycles. The van der Waals surface area contributed by atoms with E-state index in [-0.39, 0.29) is 5.91 Å². The summed E-state index contributed by atoms with van der Waals surface area (Å²) in [5.74, 6) is -0.545. The molecular weight excluding hydrogens is 293 g/mol. The number of nitrogen functional groups attached to an aromatic ring is 1. The molecule has 0 bridgehead atoms. The van der Waals surface area contributed by atoms with Gasteiger partial charge in [0.2, 0.25) is 0 Å². The van der Waals surface area contributed by atoms with Gasteiger partial charge in [-0.25, -0.2) is 4.39 Å². The highest BCUT2D eigenvalue weighted by Crippen LogP contribution is 2.29. The van der Waals surface area contributed by atoms with Crippen molar-refractivity contribution >= 4 is 34.6 Å². The zero-order valence-corrected chi connectivity index (χ0v) is 12.4. The molecule has 2 aromatic carbocycles. The van der Waals surface area contributed by atoms with E-state index < -0.39 is 5.82 Å². The van der Waals surface area contributed by atoms with E-state index in [1.165, 1.54) is 23.1 Å². The molecule has 0 heterocycles. The first kappa shape index (κ1) is 15.1. The Balaban J connectivity index is 2.30. The predicted molar refractivity (Wildman–Crippen MR) is 83.6 cm³/mol. The largest absolute Gasteiger partial charge is 0.397 e. The first-order valence-electron chi connectivity index (χ1n) is 6.21. The second-order valence-corrected chi connectivity index (χ2v) is 5.16. The average Bonchev–Trinajstić information content (AvgIpc) is 2.44. The van der Waals surface area contributed by atoms with Gasteiger partial charge in [-0.15, -0.1) is 0 Å². The van der Waals surface area contributed by atoms with E-state index in [9.17, 15) is 9.18 Å². The Kier molecular flexibility index (Phi) is 4.33. The van der Waals surface area contributed by atoms with Gasteiger partial charge < -0.3 is 16.0 Å². The van der Waals surface area contributed by atoms with Gasteiger partial charge in [-0.3, -0.25) is 4.79 Å². The first-order valence-corrected chi connectivity index (χ1v) is 6.59. The van der Waals surface area contributed by atoms with Crippen molar-refractivity contribution < 1.29 is 9.18 Å². The van der Waals surface area contributed by atoms with Gasteiger partial charge in [0.1, 0.15) is 5.82 Å². The second-order valence-electron chi connectivity index (χ2n) is 4.75. The van der Waals surface area contributed by atoms with E-state index in [0.29, 0.717) is 27.6 Å². The summed E-state index contributed by atoms with van der Waals surface area (Å²) >= 11 is 5.99. The zero-order chi connectivity index (χ0) is 15.6. The Hall–Kier alpha value is -2.27. The van der Waals surface area contributed by atoms with Crippen LogP contribution in [0.1, 0.15) is 10.4 Å². The van der Waals surface area contributed by atoms with Gasteiger partial charge in [-0.05, 0) is 36.4 Å². The van der Waals surface area contributed by atoms with Crippen LogP contribution in [0.15, 0.2) is 36.4 Å². The molecule has 0 aliphatic rings. The summed E-state index contributed by atoms with van der Waals surface area (Å²) in [7, 11) is 3.33. The summed E-state index contributed by atoms with van der Waals surface area (Å²) in [5.41, 5.74) is 7.75. The van der Waals surface area contributed by atoms with Gasteiger partial charge in [-0.2, -0.15) is 0 Å². The van der Waals surface area contributed by atoms with Crippen LogP contribution in [0.2, 0.25) is 5.02 Å². The normalized spacial score (nSPS) is 10.3. The van der Waals surface area contributed by atoms with Crippen LogP contribution in [0.5, 0.6) is 0 Å². The van der Waals surface area contributed by atoms with Crippen LogP contribution in [0.3, 0.4) is 0 Å². The summed E-state index contributed by atoms with van der Waals surface area (Å²) in [6.45, 7) is 0. The molecular formula is C15H15ClFN3O. The molecule has 2 aromatic rings. The van der Waals surface area contributed by atoms with E-state index >= 15 is 0 Å². The molecule has 4 nitrogen and oxygen atoms in total. The molecule has 6 heteroatoms. The number of carbonyl (C=O) groups is 1. The third-order valence-corrected chi connectivity index (χ3v) is 3.23. The van der Waals surface area contributed by atoms with Crippen molar-refractivity contribution in [3.63, 3.8) is 0 Å². The summed E-state index contributed by atoms with van der Waals surface area (Å²) in [6.07, 6.45) is 0. The highest BCUT2D eigenvalue weighted by atomic mass is 35.5. The van der Waals surface area contributed by atoms with E-state index in [1.807, 2.05) is 0 Å².